The number of rotatable bonds is 15. The molecule has 2 bridgehead atoms. The Hall–Kier alpha value is -3.75. The number of amides is 3. The molecule has 0 aromatic heterocycles. The van der Waals surface area contributed by atoms with Gasteiger partial charge in [-0.25, -0.2) is 0 Å². The van der Waals surface area contributed by atoms with E-state index in [0.717, 1.165) is 24.0 Å². The summed E-state index contributed by atoms with van der Waals surface area (Å²) in [4.78, 5) is 49.1. The fourth-order valence-electron chi connectivity index (χ4n) is 7.94. The molecule has 1 spiro atoms. The number of carbonyl (C=O) groups is 3. The van der Waals surface area contributed by atoms with Crippen molar-refractivity contribution in [1.82, 2.24) is 14.7 Å². The van der Waals surface area contributed by atoms with Gasteiger partial charge in [0.25, 0.3) is 0 Å². The SMILES string of the molecule is C=CCN(Cc1ccccc1)C(=O)[C@@H]1[C@H]2C(=O)N([C@@H](CO)Cc3ccccc3)C(C(=O)N(CC=C)C(C)CCC)C23CC[C@H]1O3. The lowest BCUT2D eigenvalue weighted by atomic mass is 9.70. The van der Waals surface area contributed by atoms with Crippen molar-refractivity contribution in [3.63, 3.8) is 0 Å². The van der Waals surface area contributed by atoms with Crippen LogP contribution in [0.2, 0.25) is 0 Å². The number of carbonyl (C=O) groups excluding carboxylic acids is 3. The zero-order chi connectivity index (χ0) is 32.1. The van der Waals surface area contributed by atoms with E-state index in [9.17, 15) is 19.5 Å². The van der Waals surface area contributed by atoms with Crippen molar-refractivity contribution in [3.05, 3.63) is 97.1 Å². The third-order valence-corrected chi connectivity index (χ3v) is 9.90. The maximum Gasteiger partial charge on any atom is 0.248 e. The summed E-state index contributed by atoms with van der Waals surface area (Å²) in [7, 11) is 0. The number of fused-ring (bicyclic) bond motifs is 1. The molecule has 240 valence electrons. The first-order valence-electron chi connectivity index (χ1n) is 16.3. The molecule has 8 nitrogen and oxygen atoms in total. The van der Waals surface area contributed by atoms with Gasteiger partial charge in [0.2, 0.25) is 17.7 Å². The average molecular weight is 614 g/mol. The largest absolute Gasteiger partial charge is 0.394 e. The summed E-state index contributed by atoms with van der Waals surface area (Å²) in [6.45, 7) is 12.6. The second-order valence-electron chi connectivity index (χ2n) is 12.7. The van der Waals surface area contributed by atoms with E-state index in [0.29, 0.717) is 38.9 Å². The quantitative estimate of drug-likeness (QED) is 0.301. The summed E-state index contributed by atoms with van der Waals surface area (Å²) in [6.07, 6.45) is 6.09. The average Bonchev–Trinajstić information content (AvgIpc) is 3.70. The van der Waals surface area contributed by atoms with Gasteiger partial charge < -0.3 is 24.5 Å². The number of likely N-dealkylation sites (tertiary alicyclic amines) is 1. The Bertz CT molecular complexity index is 1370. The van der Waals surface area contributed by atoms with Crippen LogP contribution in [-0.2, 0) is 32.1 Å². The van der Waals surface area contributed by atoms with Crippen LogP contribution in [-0.4, -0.2) is 87.1 Å². The van der Waals surface area contributed by atoms with E-state index in [2.05, 4.69) is 20.1 Å². The summed E-state index contributed by atoms with van der Waals surface area (Å²) < 4.78 is 6.75. The second-order valence-corrected chi connectivity index (χ2v) is 12.7. The highest BCUT2D eigenvalue weighted by Crippen LogP contribution is 2.59. The summed E-state index contributed by atoms with van der Waals surface area (Å²) >= 11 is 0. The van der Waals surface area contributed by atoms with Crippen molar-refractivity contribution in [3.8, 4) is 0 Å². The number of aliphatic hydroxyl groups excluding tert-OH is 1. The fraction of sp³-hybridized carbons (Fsp3) is 0.486. The normalized spacial score (nSPS) is 26.3. The van der Waals surface area contributed by atoms with Gasteiger partial charge in [0.1, 0.15) is 11.6 Å². The molecule has 45 heavy (non-hydrogen) atoms. The molecular weight excluding hydrogens is 566 g/mol. The minimum absolute atomic E-state index is 0.0837. The zero-order valence-electron chi connectivity index (χ0n) is 26.6. The molecule has 3 aliphatic heterocycles. The summed E-state index contributed by atoms with van der Waals surface area (Å²) in [6, 6.07) is 17.7. The Labute approximate surface area is 267 Å². The van der Waals surface area contributed by atoms with Crippen LogP contribution < -0.4 is 0 Å². The lowest BCUT2D eigenvalue weighted by Crippen LogP contribution is -2.60. The van der Waals surface area contributed by atoms with Gasteiger partial charge in [0.05, 0.1) is 30.6 Å². The Morgan fingerprint density at radius 1 is 1.04 bits per heavy atom. The van der Waals surface area contributed by atoms with E-state index in [1.807, 2.05) is 67.6 Å². The molecule has 1 N–H and O–H groups in total. The number of benzene rings is 2. The number of aliphatic hydroxyl groups is 1. The van der Waals surface area contributed by atoms with Crippen LogP contribution in [0, 0.1) is 11.8 Å². The molecule has 2 aromatic rings. The molecule has 3 saturated heterocycles. The molecule has 0 aliphatic carbocycles. The number of nitrogens with zero attached hydrogens (tertiary/aromatic N) is 3. The van der Waals surface area contributed by atoms with Crippen molar-refractivity contribution in [1.29, 1.82) is 0 Å². The minimum Gasteiger partial charge on any atom is -0.394 e. The first-order chi connectivity index (χ1) is 21.8. The van der Waals surface area contributed by atoms with E-state index in [1.165, 1.54) is 0 Å². The Kier molecular flexibility index (Phi) is 10.2. The van der Waals surface area contributed by atoms with E-state index >= 15 is 0 Å². The van der Waals surface area contributed by atoms with Crippen LogP contribution >= 0.6 is 0 Å². The number of hydrogen-bond donors (Lipinski definition) is 1. The molecule has 8 heteroatoms. The van der Waals surface area contributed by atoms with Gasteiger partial charge in [-0.15, -0.1) is 13.2 Å². The predicted octanol–water partition coefficient (Wildman–Crippen LogP) is 4.38. The van der Waals surface area contributed by atoms with Crippen LogP contribution in [0.5, 0.6) is 0 Å². The molecule has 3 aliphatic rings. The minimum atomic E-state index is -1.15. The third-order valence-electron chi connectivity index (χ3n) is 9.90. The molecule has 0 radical (unpaired) electrons. The van der Waals surface area contributed by atoms with Crippen molar-refractivity contribution in [2.75, 3.05) is 19.7 Å². The van der Waals surface area contributed by atoms with Crippen LogP contribution in [0.1, 0.15) is 50.7 Å². The maximum atomic E-state index is 14.8. The van der Waals surface area contributed by atoms with Crippen LogP contribution in [0.15, 0.2) is 86.0 Å². The predicted molar refractivity (Wildman–Crippen MR) is 174 cm³/mol. The van der Waals surface area contributed by atoms with Crippen molar-refractivity contribution < 1.29 is 24.2 Å². The Balaban J connectivity index is 1.56. The molecule has 5 rings (SSSR count). The lowest BCUT2D eigenvalue weighted by molar-refractivity contribution is -0.153. The molecular formula is C37H47N3O5. The number of ether oxygens (including phenoxy) is 1. The molecule has 3 amide bonds. The summed E-state index contributed by atoms with van der Waals surface area (Å²) in [5, 5.41) is 10.8. The highest BCUT2D eigenvalue weighted by molar-refractivity contribution is 5.99. The van der Waals surface area contributed by atoms with Crippen LogP contribution in [0.25, 0.3) is 0 Å². The zero-order valence-corrected chi connectivity index (χ0v) is 26.6. The monoisotopic (exact) mass is 613 g/mol. The molecule has 7 atom stereocenters. The molecule has 3 heterocycles. The molecule has 3 fully saturated rings. The van der Waals surface area contributed by atoms with Crippen LogP contribution in [0.3, 0.4) is 0 Å². The summed E-state index contributed by atoms with van der Waals surface area (Å²) in [5.74, 6) is -2.21. The summed E-state index contributed by atoms with van der Waals surface area (Å²) in [5.41, 5.74) is 0.777. The van der Waals surface area contributed by atoms with Crippen molar-refractivity contribution >= 4 is 17.7 Å². The highest BCUT2D eigenvalue weighted by Gasteiger charge is 2.75. The topological polar surface area (TPSA) is 90.4 Å². The second kappa shape index (κ2) is 14.1. The van der Waals surface area contributed by atoms with E-state index in [1.54, 1.807) is 26.9 Å². The van der Waals surface area contributed by atoms with Crippen molar-refractivity contribution in [2.24, 2.45) is 11.8 Å². The van der Waals surface area contributed by atoms with Gasteiger partial charge >= 0.3 is 0 Å². The fourth-order valence-corrected chi connectivity index (χ4v) is 7.94. The number of hydrogen-bond acceptors (Lipinski definition) is 5. The maximum absolute atomic E-state index is 14.8. The van der Waals surface area contributed by atoms with Gasteiger partial charge in [-0.2, -0.15) is 0 Å². The van der Waals surface area contributed by atoms with Gasteiger partial charge in [-0.05, 0) is 43.7 Å². The van der Waals surface area contributed by atoms with E-state index in [4.69, 9.17) is 4.74 Å². The first kappa shape index (κ1) is 32.6. The lowest BCUT2D eigenvalue weighted by Gasteiger charge is -2.41. The van der Waals surface area contributed by atoms with Gasteiger partial charge in [0, 0.05) is 25.7 Å². The van der Waals surface area contributed by atoms with Gasteiger partial charge in [-0.3, -0.25) is 14.4 Å². The smallest absolute Gasteiger partial charge is 0.248 e. The van der Waals surface area contributed by atoms with Crippen molar-refractivity contribution in [2.45, 2.75) is 82.3 Å². The van der Waals surface area contributed by atoms with Crippen LogP contribution in [0.4, 0.5) is 0 Å². The van der Waals surface area contributed by atoms with Gasteiger partial charge in [-0.1, -0.05) is 86.2 Å². The molecule has 3 unspecified atom stereocenters. The Morgan fingerprint density at radius 3 is 2.29 bits per heavy atom. The van der Waals surface area contributed by atoms with E-state index < -0.39 is 35.6 Å². The highest BCUT2D eigenvalue weighted by atomic mass is 16.5. The Morgan fingerprint density at radius 2 is 1.69 bits per heavy atom. The first-order valence-corrected chi connectivity index (χ1v) is 16.3. The molecule has 2 aromatic carbocycles. The van der Waals surface area contributed by atoms with E-state index in [-0.39, 0.29) is 30.4 Å². The van der Waals surface area contributed by atoms with Gasteiger partial charge in [0.15, 0.2) is 0 Å². The molecule has 0 saturated carbocycles. The standard InChI is InChI=1S/C37H47N3O5/c1-5-14-26(4)39(22-7-3)36(44)33-37-20-19-30(45-37)31(34(42)38(21-6-2)24-28-17-12-9-13-18-28)32(37)35(43)40(33)29(25-41)23-27-15-10-8-11-16-27/h6-13,15-18,26,29-33,41H,2-3,5,14,19-25H2,1,4H3/t26?,29-,30-,31+,32+,33?,37?/m1/s1. The third kappa shape index (κ3) is 6.10.